The molecule has 1 unspecified atom stereocenters. The van der Waals surface area contributed by atoms with E-state index in [4.69, 9.17) is 14.2 Å². The molecule has 3 aromatic rings. The largest absolute Gasteiger partial charge is 0.494 e. The zero-order valence-electron chi connectivity index (χ0n) is 23.0. The molecule has 5 nitrogen and oxygen atoms in total. The van der Waals surface area contributed by atoms with Crippen LogP contribution < -0.4 is 9.47 Å². The smallest absolute Gasteiger partial charge is 0.333 e. The molecule has 40 heavy (non-hydrogen) atoms. The van der Waals surface area contributed by atoms with Crippen LogP contribution in [-0.2, 0) is 9.53 Å². The molecule has 1 atom stereocenters. The summed E-state index contributed by atoms with van der Waals surface area (Å²) < 4.78 is 31.1. The van der Waals surface area contributed by atoms with Crippen LogP contribution in [0.3, 0.4) is 0 Å². The first-order valence-corrected chi connectivity index (χ1v) is 13.2. The van der Waals surface area contributed by atoms with Crippen molar-refractivity contribution in [2.24, 2.45) is 0 Å². The zero-order chi connectivity index (χ0) is 28.9. The second kappa shape index (κ2) is 15.3. The average Bonchev–Trinajstić information content (AvgIpc) is 2.94. The van der Waals surface area contributed by atoms with Gasteiger partial charge < -0.3 is 19.3 Å². The number of halogens is 1. The van der Waals surface area contributed by atoms with Crippen molar-refractivity contribution >= 4 is 5.97 Å². The number of benzene rings is 3. The molecule has 0 aromatic heterocycles. The SMILES string of the molecule is C=C(C)C(=O)OCCCCCCOc1ccc(C#Cc2ccc(-c3ccc(OC(O)C(=C)C)cc3)c(F)c2)cc1. The number of unbranched alkanes of at least 4 members (excludes halogenated alkanes) is 3. The Kier molecular flexibility index (Phi) is 11.6. The lowest BCUT2D eigenvalue weighted by Gasteiger charge is -2.13. The van der Waals surface area contributed by atoms with Gasteiger partial charge >= 0.3 is 5.97 Å². The Morgan fingerprint density at radius 1 is 0.850 bits per heavy atom. The first-order valence-electron chi connectivity index (χ1n) is 13.2. The lowest BCUT2D eigenvalue weighted by atomic mass is 10.0. The third-order valence-electron chi connectivity index (χ3n) is 5.90. The van der Waals surface area contributed by atoms with Crippen LogP contribution in [0.1, 0.15) is 50.7 Å². The number of carbonyl (C=O) groups is 1. The molecule has 3 rings (SSSR count). The van der Waals surface area contributed by atoms with Gasteiger partial charge in [-0.1, -0.05) is 43.2 Å². The van der Waals surface area contributed by atoms with Crippen molar-refractivity contribution in [3.63, 3.8) is 0 Å². The molecule has 6 heteroatoms. The Morgan fingerprint density at radius 3 is 2.08 bits per heavy atom. The van der Waals surface area contributed by atoms with Crippen molar-refractivity contribution < 1.29 is 28.5 Å². The van der Waals surface area contributed by atoms with Gasteiger partial charge in [-0.05, 0) is 99.2 Å². The predicted octanol–water partition coefficient (Wildman–Crippen LogP) is 7.22. The van der Waals surface area contributed by atoms with Crippen molar-refractivity contribution in [2.45, 2.75) is 45.8 Å². The number of hydrogen-bond acceptors (Lipinski definition) is 5. The maximum atomic E-state index is 14.8. The zero-order valence-corrected chi connectivity index (χ0v) is 23.0. The Labute approximate surface area is 235 Å². The molecule has 0 radical (unpaired) electrons. The second-order valence-electron chi connectivity index (χ2n) is 9.49. The Bertz CT molecular complexity index is 1360. The highest BCUT2D eigenvalue weighted by Crippen LogP contribution is 2.26. The summed E-state index contributed by atoms with van der Waals surface area (Å²) in [6, 6.07) is 19.2. The standard InChI is InChI=1S/C34H35FO5/c1-24(2)33(36)39-22-8-6-5-7-21-38-29-16-11-26(12-17-29)9-10-27-13-20-31(32(35)23-27)28-14-18-30(19-15-28)40-34(37)25(3)4/h11-20,23,34,37H,1,3,5-8,21-22H2,2,4H3. The van der Waals surface area contributed by atoms with E-state index in [1.165, 1.54) is 6.07 Å². The molecule has 1 N–H and O–H groups in total. The molecule has 0 heterocycles. The molecule has 0 saturated carbocycles. The predicted molar refractivity (Wildman–Crippen MR) is 155 cm³/mol. The average molecular weight is 543 g/mol. The van der Waals surface area contributed by atoms with Crippen LogP contribution in [0.4, 0.5) is 4.39 Å². The fraction of sp³-hybridized carbons (Fsp3) is 0.265. The Hall–Kier alpha value is -4.34. The molecular formula is C34H35FO5. The number of aliphatic hydroxyl groups is 1. The van der Waals surface area contributed by atoms with Gasteiger partial charge in [-0.15, -0.1) is 0 Å². The van der Waals surface area contributed by atoms with E-state index in [0.29, 0.717) is 46.8 Å². The van der Waals surface area contributed by atoms with Crippen molar-refractivity contribution in [1.29, 1.82) is 0 Å². The number of ether oxygens (including phenoxy) is 3. The lowest BCUT2D eigenvalue weighted by molar-refractivity contribution is -0.139. The van der Waals surface area contributed by atoms with E-state index in [9.17, 15) is 14.3 Å². The second-order valence-corrected chi connectivity index (χ2v) is 9.49. The number of aliphatic hydroxyl groups excluding tert-OH is 1. The number of rotatable bonds is 13. The van der Waals surface area contributed by atoms with Gasteiger partial charge in [0.25, 0.3) is 0 Å². The van der Waals surface area contributed by atoms with Gasteiger partial charge in [-0.2, -0.15) is 0 Å². The van der Waals surface area contributed by atoms with E-state index in [1.807, 2.05) is 24.3 Å². The first kappa shape index (κ1) is 30.2. The lowest BCUT2D eigenvalue weighted by Crippen LogP contribution is -2.15. The maximum absolute atomic E-state index is 14.8. The van der Waals surface area contributed by atoms with Gasteiger partial charge in [0.05, 0.1) is 13.2 Å². The van der Waals surface area contributed by atoms with E-state index >= 15 is 0 Å². The summed E-state index contributed by atoms with van der Waals surface area (Å²) in [5, 5.41) is 9.77. The van der Waals surface area contributed by atoms with Crippen molar-refractivity contribution in [2.75, 3.05) is 13.2 Å². The molecule has 0 fully saturated rings. The first-order chi connectivity index (χ1) is 19.2. The summed E-state index contributed by atoms with van der Waals surface area (Å²) in [7, 11) is 0. The van der Waals surface area contributed by atoms with E-state index in [1.54, 1.807) is 50.2 Å². The molecule has 0 aliphatic carbocycles. The van der Waals surface area contributed by atoms with Gasteiger partial charge in [0, 0.05) is 22.3 Å². The minimum Gasteiger partial charge on any atom is -0.494 e. The van der Waals surface area contributed by atoms with Crippen LogP contribution in [0.25, 0.3) is 11.1 Å². The Balaban J connectivity index is 1.45. The van der Waals surface area contributed by atoms with Gasteiger partial charge in [-0.3, -0.25) is 0 Å². The van der Waals surface area contributed by atoms with Gasteiger partial charge in [0.1, 0.15) is 17.3 Å². The van der Waals surface area contributed by atoms with E-state index in [-0.39, 0.29) is 11.8 Å². The van der Waals surface area contributed by atoms with E-state index in [2.05, 4.69) is 25.0 Å². The summed E-state index contributed by atoms with van der Waals surface area (Å²) in [5.74, 6) is 6.58. The monoisotopic (exact) mass is 542 g/mol. The van der Waals surface area contributed by atoms with Gasteiger partial charge in [0.15, 0.2) is 0 Å². The van der Waals surface area contributed by atoms with Crippen LogP contribution in [-0.4, -0.2) is 30.6 Å². The highest BCUT2D eigenvalue weighted by molar-refractivity contribution is 5.86. The Morgan fingerprint density at radius 2 is 1.45 bits per heavy atom. The van der Waals surface area contributed by atoms with Gasteiger partial charge in [-0.25, -0.2) is 9.18 Å². The summed E-state index contributed by atoms with van der Waals surface area (Å²) in [4.78, 5) is 11.3. The number of esters is 1. The summed E-state index contributed by atoms with van der Waals surface area (Å²) >= 11 is 0. The van der Waals surface area contributed by atoms with Crippen LogP contribution in [0, 0.1) is 17.7 Å². The molecule has 0 aliphatic heterocycles. The van der Waals surface area contributed by atoms with Gasteiger partial charge in [0.2, 0.25) is 6.29 Å². The number of hydrogen-bond donors (Lipinski definition) is 1. The summed E-state index contributed by atoms with van der Waals surface area (Å²) in [6.45, 7) is 11.5. The fourth-order valence-corrected chi connectivity index (χ4v) is 3.58. The molecule has 0 amide bonds. The normalized spacial score (nSPS) is 11.1. The molecule has 3 aromatic carbocycles. The minimum absolute atomic E-state index is 0.340. The van der Waals surface area contributed by atoms with Crippen molar-refractivity contribution in [3.05, 3.63) is 108 Å². The molecule has 0 spiro atoms. The topological polar surface area (TPSA) is 65.0 Å². The molecule has 208 valence electrons. The van der Waals surface area contributed by atoms with E-state index < -0.39 is 6.29 Å². The summed E-state index contributed by atoms with van der Waals surface area (Å²) in [6.07, 6.45) is 2.60. The highest BCUT2D eigenvalue weighted by atomic mass is 19.1. The molecule has 0 aliphatic rings. The van der Waals surface area contributed by atoms with Crippen LogP contribution in [0.5, 0.6) is 11.5 Å². The quantitative estimate of drug-likeness (QED) is 0.0617. The minimum atomic E-state index is -1.09. The van der Waals surface area contributed by atoms with Crippen LogP contribution in [0.15, 0.2) is 91.0 Å². The van der Waals surface area contributed by atoms with Crippen molar-refractivity contribution in [3.8, 4) is 34.5 Å². The van der Waals surface area contributed by atoms with E-state index in [0.717, 1.165) is 37.0 Å². The highest BCUT2D eigenvalue weighted by Gasteiger charge is 2.09. The maximum Gasteiger partial charge on any atom is 0.333 e. The van der Waals surface area contributed by atoms with Crippen LogP contribution >= 0.6 is 0 Å². The number of carbonyl (C=O) groups excluding carboxylic acids is 1. The summed E-state index contributed by atoms with van der Waals surface area (Å²) in [5.41, 5.74) is 3.42. The third-order valence-corrected chi connectivity index (χ3v) is 5.90. The molecule has 0 bridgehead atoms. The molecular weight excluding hydrogens is 507 g/mol. The third kappa shape index (κ3) is 9.76. The van der Waals surface area contributed by atoms with Crippen LogP contribution in [0.2, 0.25) is 0 Å². The molecule has 0 saturated heterocycles. The fourth-order valence-electron chi connectivity index (χ4n) is 3.58. The van der Waals surface area contributed by atoms with Crippen molar-refractivity contribution in [1.82, 2.24) is 0 Å².